The lowest BCUT2D eigenvalue weighted by atomic mass is 9.90. The first-order chi connectivity index (χ1) is 30.5. The lowest BCUT2D eigenvalue weighted by molar-refractivity contribution is -0.134. The van der Waals surface area contributed by atoms with Crippen LogP contribution in [0.4, 0.5) is 44.6 Å². The van der Waals surface area contributed by atoms with Gasteiger partial charge in [-0.05, 0) is 91.6 Å². The number of amides is 2. The van der Waals surface area contributed by atoms with Gasteiger partial charge in [0.25, 0.3) is 0 Å². The Morgan fingerprint density at radius 2 is 1.62 bits per heavy atom. The molecule has 63 heavy (non-hydrogen) atoms. The number of piperazine rings is 1. The van der Waals surface area contributed by atoms with Gasteiger partial charge in [-0.1, -0.05) is 24.3 Å². The second-order valence-corrected chi connectivity index (χ2v) is 19.6. The van der Waals surface area contributed by atoms with E-state index in [-0.39, 0.29) is 29.5 Å². The van der Waals surface area contributed by atoms with E-state index < -0.39 is 10.0 Å². The molecule has 2 atom stereocenters. The maximum absolute atomic E-state index is 15.8. The van der Waals surface area contributed by atoms with Crippen LogP contribution in [0, 0.1) is 11.7 Å². The number of nitrogens with zero attached hydrogens (tertiary/aromatic N) is 7. The number of H-pyrrole nitrogens is 1. The number of rotatable bonds is 11. The van der Waals surface area contributed by atoms with Gasteiger partial charge in [0.15, 0.2) is 0 Å². The summed E-state index contributed by atoms with van der Waals surface area (Å²) in [4.78, 5) is 46.3. The van der Waals surface area contributed by atoms with E-state index in [4.69, 9.17) is 4.98 Å². The van der Waals surface area contributed by atoms with Crippen molar-refractivity contribution in [2.45, 2.75) is 50.5 Å². The number of nitrogens with one attached hydrogen (secondary N) is 4. The first-order valence-corrected chi connectivity index (χ1v) is 24.1. The van der Waals surface area contributed by atoms with Gasteiger partial charge in [0.2, 0.25) is 27.8 Å². The van der Waals surface area contributed by atoms with Crippen molar-refractivity contribution in [1.82, 2.24) is 30.1 Å². The van der Waals surface area contributed by atoms with Gasteiger partial charge in [0.05, 0.1) is 34.6 Å². The second kappa shape index (κ2) is 17.1. The molecule has 2 amide bonds. The fourth-order valence-electron chi connectivity index (χ4n) is 10.3. The number of hydrogen-bond acceptors (Lipinski definition) is 12. The Kier molecular flexibility index (Phi) is 11.2. The minimum atomic E-state index is -3.47. The first kappa shape index (κ1) is 41.2. The Balaban J connectivity index is 0.702. The van der Waals surface area contributed by atoms with Crippen LogP contribution in [-0.2, 0) is 26.0 Å². The van der Waals surface area contributed by atoms with Gasteiger partial charge in [0, 0.05) is 95.5 Å². The summed E-state index contributed by atoms with van der Waals surface area (Å²) in [5.41, 5.74) is 6.07. The van der Waals surface area contributed by atoms with Crippen molar-refractivity contribution < 1.29 is 22.4 Å². The Morgan fingerprint density at radius 3 is 2.38 bits per heavy atom. The van der Waals surface area contributed by atoms with Gasteiger partial charge >= 0.3 is 0 Å². The molecule has 4 N–H and O–H groups in total. The molecule has 4 saturated heterocycles. The maximum atomic E-state index is 15.8. The zero-order valence-corrected chi connectivity index (χ0v) is 36.3. The van der Waals surface area contributed by atoms with Crippen LogP contribution >= 0.6 is 0 Å². The monoisotopic (exact) mass is 875 g/mol. The zero-order chi connectivity index (χ0) is 43.2. The van der Waals surface area contributed by atoms with Crippen molar-refractivity contribution in [3.05, 3.63) is 89.9 Å². The standard InChI is InChI=1S/C46H54FN11O4S/c1-63(61,62)58-22-15-32-3-2-4-39(42(32)58)50-44-37-13-18-48-43(37)52-46(53-44)49-33-7-11-40(38(47)27-33)56-20-16-35(17-21-56)55-25-23-54(24-26-55)28-30-14-19-57(29-30)34-8-5-31(6-9-34)36-10-12-41(59)51-45(36)60/h2-9,11,13,18,27,30,35-36H,10,12,14-17,19-26,28-29H2,1H3,(H,51,59,60)(H3,48,49,50,52,53)/t30-,36?/m0/s1. The molecule has 4 fully saturated rings. The number of carbonyl (C=O) groups excluding carboxylic acids is 2. The average molecular weight is 876 g/mol. The Bertz CT molecular complexity index is 2630. The molecule has 0 bridgehead atoms. The fraction of sp³-hybridized carbons (Fsp3) is 0.435. The van der Waals surface area contributed by atoms with Crippen molar-refractivity contribution in [3.8, 4) is 0 Å². The molecule has 2 aromatic heterocycles. The highest BCUT2D eigenvalue weighted by Gasteiger charge is 2.33. The van der Waals surface area contributed by atoms with Crippen LogP contribution in [0.15, 0.2) is 72.9 Å². The van der Waals surface area contributed by atoms with E-state index in [1.807, 2.05) is 48.5 Å². The van der Waals surface area contributed by atoms with E-state index in [2.05, 4.69) is 57.7 Å². The third kappa shape index (κ3) is 8.65. The summed E-state index contributed by atoms with van der Waals surface area (Å²) in [6, 6.07) is 21.6. The third-order valence-corrected chi connectivity index (χ3v) is 14.8. The van der Waals surface area contributed by atoms with E-state index in [0.717, 1.165) is 88.3 Å². The molecular weight excluding hydrogens is 822 g/mol. The van der Waals surface area contributed by atoms with Gasteiger partial charge in [-0.15, -0.1) is 0 Å². The highest BCUT2D eigenvalue weighted by Crippen LogP contribution is 2.40. The first-order valence-electron chi connectivity index (χ1n) is 22.2. The molecule has 7 heterocycles. The predicted octanol–water partition coefficient (Wildman–Crippen LogP) is 5.54. The topological polar surface area (TPSA) is 162 Å². The molecule has 10 rings (SSSR count). The van der Waals surface area contributed by atoms with E-state index in [0.29, 0.717) is 72.0 Å². The smallest absolute Gasteiger partial charge is 0.234 e. The summed E-state index contributed by atoms with van der Waals surface area (Å²) in [6.07, 6.45) is 7.73. The van der Waals surface area contributed by atoms with Gasteiger partial charge in [-0.25, -0.2) is 12.8 Å². The molecule has 0 radical (unpaired) electrons. The lowest BCUT2D eigenvalue weighted by Crippen LogP contribution is -2.54. The van der Waals surface area contributed by atoms with Crippen LogP contribution in [0.5, 0.6) is 0 Å². The highest BCUT2D eigenvalue weighted by atomic mass is 32.2. The minimum absolute atomic E-state index is 0.184. The van der Waals surface area contributed by atoms with Crippen molar-refractivity contribution >= 4 is 73.1 Å². The van der Waals surface area contributed by atoms with Crippen molar-refractivity contribution in [2.75, 3.05) is 96.4 Å². The number of aromatic nitrogens is 3. The van der Waals surface area contributed by atoms with Gasteiger partial charge in [0.1, 0.15) is 17.3 Å². The highest BCUT2D eigenvalue weighted by molar-refractivity contribution is 7.92. The molecular formula is C46H54FN11O4S. The molecule has 5 aliphatic heterocycles. The number of para-hydroxylation sites is 1. The molecule has 0 saturated carbocycles. The van der Waals surface area contributed by atoms with Crippen LogP contribution < -0.4 is 30.1 Å². The van der Waals surface area contributed by atoms with Gasteiger partial charge in [-0.3, -0.25) is 24.1 Å². The molecule has 17 heteroatoms. The summed E-state index contributed by atoms with van der Waals surface area (Å²) in [7, 11) is -3.47. The third-order valence-electron chi connectivity index (χ3n) is 13.7. The molecule has 15 nitrogen and oxygen atoms in total. The molecule has 5 aliphatic rings. The summed E-state index contributed by atoms with van der Waals surface area (Å²) in [5.74, 6) is 0.452. The number of carbonyl (C=O) groups is 2. The maximum Gasteiger partial charge on any atom is 0.234 e. The van der Waals surface area contributed by atoms with Crippen LogP contribution in [-0.4, -0.2) is 123 Å². The SMILES string of the molecule is CS(=O)(=O)N1CCc2cccc(Nc3nc(Nc4ccc(N5CCC(N6CCN(C[C@@H]7CCN(c8ccc(C9CCC(=O)NC9=O)cc8)C7)CC6)CC5)c(F)c4)nc4[nH]ccc34)c21. The van der Waals surface area contributed by atoms with Crippen LogP contribution in [0.2, 0.25) is 0 Å². The van der Waals surface area contributed by atoms with E-state index in [1.54, 1.807) is 6.20 Å². The van der Waals surface area contributed by atoms with Crippen molar-refractivity contribution in [3.63, 3.8) is 0 Å². The van der Waals surface area contributed by atoms with Crippen LogP contribution in [0.25, 0.3) is 11.0 Å². The number of halogens is 1. The summed E-state index contributed by atoms with van der Waals surface area (Å²) in [6.45, 7) is 9.38. The molecule has 330 valence electrons. The number of aromatic amines is 1. The van der Waals surface area contributed by atoms with Crippen molar-refractivity contribution in [1.29, 1.82) is 0 Å². The lowest BCUT2D eigenvalue weighted by Gasteiger charge is -2.43. The molecule has 0 aliphatic carbocycles. The Hall–Kier alpha value is -5.78. The largest absolute Gasteiger partial charge is 0.371 e. The normalized spacial score (nSPS) is 21.6. The fourth-order valence-corrected chi connectivity index (χ4v) is 11.3. The van der Waals surface area contributed by atoms with Gasteiger partial charge in [-0.2, -0.15) is 9.97 Å². The summed E-state index contributed by atoms with van der Waals surface area (Å²) >= 11 is 0. The van der Waals surface area contributed by atoms with Crippen molar-refractivity contribution in [2.24, 2.45) is 5.92 Å². The van der Waals surface area contributed by atoms with E-state index in [9.17, 15) is 18.0 Å². The Labute approximate surface area is 367 Å². The number of sulfonamides is 1. The number of imide groups is 1. The minimum Gasteiger partial charge on any atom is -0.371 e. The van der Waals surface area contributed by atoms with Crippen LogP contribution in [0.3, 0.4) is 0 Å². The summed E-state index contributed by atoms with van der Waals surface area (Å²) < 4.78 is 42.5. The Morgan fingerprint density at radius 1 is 0.825 bits per heavy atom. The number of fused-ring (bicyclic) bond motifs is 2. The number of benzene rings is 3. The number of piperidine rings is 2. The molecule has 1 unspecified atom stereocenters. The number of anilines is 7. The zero-order valence-electron chi connectivity index (χ0n) is 35.5. The molecule has 3 aromatic carbocycles. The second-order valence-electron chi connectivity index (χ2n) is 17.7. The molecule has 5 aromatic rings. The van der Waals surface area contributed by atoms with E-state index in [1.165, 1.54) is 28.7 Å². The summed E-state index contributed by atoms with van der Waals surface area (Å²) in [5, 5.41) is 9.76. The van der Waals surface area contributed by atoms with Gasteiger partial charge < -0.3 is 30.3 Å². The predicted molar refractivity (Wildman–Crippen MR) is 244 cm³/mol. The average Bonchev–Trinajstić information content (AvgIpc) is 4.06. The quantitative estimate of drug-likeness (QED) is 0.123. The van der Waals surface area contributed by atoms with Crippen LogP contribution in [0.1, 0.15) is 49.1 Å². The van der Waals surface area contributed by atoms with E-state index >= 15 is 4.39 Å². The number of hydrogen-bond donors (Lipinski definition) is 4. The molecule has 0 spiro atoms.